The quantitative estimate of drug-likeness (QED) is 0.867. The molecule has 1 aliphatic heterocycles. The van der Waals surface area contributed by atoms with E-state index in [9.17, 15) is 4.79 Å². The summed E-state index contributed by atoms with van der Waals surface area (Å²) in [6, 6.07) is 0. The van der Waals surface area contributed by atoms with E-state index in [2.05, 4.69) is 15.5 Å². The highest BCUT2D eigenvalue weighted by molar-refractivity contribution is 5.76. The first-order valence-electron chi connectivity index (χ1n) is 9.17. The van der Waals surface area contributed by atoms with Gasteiger partial charge in [-0.25, -0.2) is 0 Å². The molecule has 24 heavy (non-hydrogen) atoms. The number of aromatic amines is 1. The monoisotopic (exact) mass is 335 g/mol. The Kier molecular flexibility index (Phi) is 5.56. The molecule has 0 bridgehead atoms. The van der Waals surface area contributed by atoms with Crippen LogP contribution in [0, 0.1) is 13.8 Å². The van der Waals surface area contributed by atoms with Gasteiger partial charge in [0.05, 0.1) is 12.3 Å². The maximum atomic E-state index is 12.1. The van der Waals surface area contributed by atoms with Gasteiger partial charge in [-0.2, -0.15) is 5.10 Å². The van der Waals surface area contributed by atoms with Crippen molar-refractivity contribution in [2.45, 2.75) is 77.1 Å². The molecule has 3 rings (SSSR count). The minimum Gasteiger partial charge on any atom is -0.353 e. The molecule has 2 heterocycles. The molecule has 1 aliphatic carbocycles. The number of nitrogens with zero attached hydrogens (tertiary/aromatic N) is 1. The number of aromatic nitrogens is 2. The molecule has 2 fully saturated rings. The zero-order valence-corrected chi connectivity index (χ0v) is 14.8. The third-order valence-electron chi connectivity index (χ3n) is 5.19. The van der Waals surface area contributed by atoms with E-state index in [4.69, 9.17) is 9.47 Å². The maximum absolute atomic E-state index is 12.1. The van der Waals surface area contributed by atoms with Gasteiger partial charge in [0.15, 0.2) is 5.79 Å². The van der Waals surface area contributed by atoms with Crippen LogP contribution in [0.1, 0.15) is 61.9 Å². The SMILES string of the molecule is Cc1n[nH]c(C)c1CCC(=O)NC[C@@H]1COC2(CCCCCC2)O1. The summed E-state index contributed by atoms with van der Waals surface area (Å²) >= 11 is 0. The number of amides is 1. The predicted octanol–water partition coefficient (Wildman–Crippen LogP) is 2.54. The summed E-state index contributed by atoms with van der Waals surface area (Å²) < 4.78 is 12.1. The molecule has 2 N–H and O–H groups in total. The van der Waals surface area contributed by atoms with Crippen LogP contribution in [0.15, 0.2) is 0 Å². The number of ether oxygens (including phenoxy) is 2. The highest BCUT2D eigenvalue weighted by Gasteiger charge is 2.41. The van der Waals surface area contributed by atoms with Crippen molar-refractivity contribution in [3.05, 3.63) is 17.0 Å². The van der Waals surface area contributed by atoms with Crippen LogP contribution in [0.3, 0.4) is 0 Å². The van der Waals surface area contributed by atoms with E-state index in [1.54, 1.807) is 0 Å². The van der Waals surface area contributed by atoms with Crippen molar-refractivity contribution < 1.29 is 14.3 Å². The van der Waals surface area contributed by atoms with E-state index in [1.165, 1.54) is 25.7 Å². The maximum Gasteiger partial charge on any atom is 0.220 e. The number of aryl methyl sites for hydroxylation is 2. The van der Waals surface area contributed by atoms with E-state index in [0.29, 0.717) is 26.0 Å². The predicted molar refractivity (Wildman–Crippen MR) is 90.7 cm³/mol. The van der Waals surface area contributed by atoms with Gasteiger partial charge < -0.3 is 14.8 Å². The number of H-pyrrole nitrogens is 1. The second-order valence-electron chi connectivity index (χ2n) is 7.09. The van der Waals surface area contributed by atoms with Gasteiger partial charge in [-0.05, 0) is 38.7 Å². The lowest BCUT2D eigenvalue weighted by Crippen LogP contribution is -2.36. The van der Waals surface area contributed by atoms with Crippen molar-refractivity contribution in [3.8, 4) is 0 Å². The molecule has 6 heteroatoms. The minimum absolute atomic E-state index is 0.0237. The first-order chi connectivity index (χ1) is 11.6. The third-order valence-corrected chi connectivity index (χ3v) is 5.19. The Hall–Kier alpha value is -1.40. The van der Waals surface area contributed by atoms with Gasteiger partial charge in [0.25, 0.3) is 0 Å². The first-order valence-corrected chi connectivity index (χ1v) is 9.17. The Morgan fingerprint density at radius 1 is 1.29 bits per heavy atom. The fraction of sp³-hybridized carbons (Fsp3) is 0.778. The Labute approximate surface area is 143 Å². The van der Waals surface area contributed by atoms with Crippen LogP contribution in [0.2, 0.25) is 0 Å². The molecular weight excluding hydrogens is 306 g/mol. The van der Waals surface area contributed by atoms with Gasteiger partial charge in [0.1, 0.15) is 6.10 Å². The summed E-state index contributed by atoms with van der Waals surface area (Å²) in [6.45, 7) is 5.07. The molecule has 1 atom stereocenters. The number of hydrogen-bond donors (Lipinski definition) is 2. The number of rotatable bonds is 5. The Bertz CT molecular complexity index is 542. The van der Waals surface area contributed by atoms with Gasteiger partial charge >= 0.3 is 0 Å². The van der Waals surface area contributed by atoms with Gasteiger partial charge in [-0.15, -0.1) is 0 Å². The van der Waals surface area contributed by atoms with E-state index < -0.39 is 0 Å². The number of carbonyl (C=O) groups excluding carboxylic acids is 1. The number of hydrogen-bond acceptors (Lipinski definition) is 4. The molecule has 1 aromatic heterocycles. The summed E-state index contributed by atoms with van der Waals surface area (Å²) in [5.74, 6) is -0.322. The average molecular weight is 335 g/mol. The minimum atomic E-state index is -0.378. The van der Waals surface area contributed by atoms with E-state index >= 15 is 0 Å². The zero-order chi connectivity index (χ0) is 17.0. The molecule has 1 aromatic rings. The van der Waals surface area contributed by atoms with Crippen LogP contribution < -0.4 is 5.32 Å². The lowest BCUT2D eigenvalue weighted by Gasteiger charge is -2.26. The van der Waals surface area contributed by atoms with Crippen LogP contribution >= 0.6 is 0 Å². The van der Waals surface area contributed by atoms with Gasteiger partial charge in [0, 0.05) is 31.5 Å². The summed E-state index contributed by atoms with van der Waals surface area (Å²) in [7, 11) is 0. The van der Waals surface area contributed by atoms with Crippen LogP contribution in [0.25, 0.3) is 0 Å². The Morgan fingerprint density at radius 3 is 2.71 bits per heavy atom. The van der Waals surface area contributed by atoms with Gasteiger partial charge in [0.2, 0.25) is 5.91 Å². The zero-order valence-electron chi connectivity index (χ0n) is 14.8. The molecule has 0 unspecified atom stereocenters. The highest BCUT2D eigenvalue weighted by Crippen LogP contribution is 2.36. The molecular formula is C18H29N3O3. The highest BCUT2D eigenvalue weighted by atomic mass is 16.7. The number of carbonyl (C=O) groups is 1. The molecule has 1 saturated carbocycles. The first kappa shape index (κ1) is 17.4. The third kappa shape index (κ3) is 4.16. The van der Waals surface area contributed by atoms with Crippen molar-refractivity contribution in [1.82, 2.24) is 15.5 Å². The molecule has 0 radical (unpaired) electrons. The number of nitrogens with one attached hydrogen (secondary N) is 2. The lowest BCUT2D eigenvalue weighted by atomic mass is 10.1. The van der Waals surface area contributed by atoms with Crippen LogP contribution in [-0.4, -0.2) is 41.1 Å². The Balaban J connectivity index is 1.40. The smallest absolute Gasteiger partial charge is 0.220 e. The van der Waals surface area contributed by atoms with Gasteiger partial charge in [-0.1, -0.05) is 12.8 Å². The van der Waals surface area contributed by atoms with Crippen molar-refractivity contribution in [1.29, 1.82) is 0 Å². The molecule has 134 valence electrons. The average Bonchev–Trinajstić information content (AvgIpc) is 3.01. The molecule has 2 aliphatic rings. The molecule has 0 aromatic carbocycles. The second-order valence-corrected chi connectivity index (χ2v) is 7.09. The molecule has 6 nitrogen and oxygen atoms in total. The summed E-state index contributed by atoms with van der Waals surface area (Å²) in [4.78, 5) is 12.1. The standard InChI is InChI=1S/C18H29N3O3/c1-13-16(14(2)21-20-13)7-8-17(22)19-11-15-12-23-18(24-15)9-5-3-4-6-10-18/h15H,3-12H2,1-2H3,(H,19,22)(H,20,21)/t15-/m1/s1. The van der Waals surface area contributed by atoms with Crippen molar-refractivity contribution in [2.75, 3.05) is 13.2 Å². The van der Waals surface area contributed by atoms with Crippen LogP contribution in [0.5, 0.6) is 0 Å². The van der Waals surface area contributed by atoms with E-state index in [1.807, 2.05) is 13.8 Å². The summed E-state index contributed by atoms with van der Waals surface area (Å²) in [5.41, 5.74) is 3.16. The molecule has 1 amide bonds. The van der Waals surface area contributed by atoms with Gasteiger partial charge in [-0.3, -0.25) is 9.89 Å². The van der Waals surface area contributed by atoms with Crippen molar-refractivity contribution >= 4 is 5.91 Å². The second kappa shape index (κ2) is 7.66. The largest absolute Gasteiger partial charge is 0.353 e. The fourth-order valence-corrected chi connectivity index (χ4v) is 3.74. The molecule has 1 spiro atoms. The summed E-state index contributed by atoms with van der Waals surface area (Å²) in [5, 5.41) is 10.1. The van der Waals surface area contributed by atoms with E-state index in [-0.39, 0.29) is 17.8 Å². The summed E-state index contributed by atoms with van der Waals surface area (Å²) in [6.07, 6.45) is 8.00. The molecule has 1 saturated heterocycles. The Morgan fingerprint density at radius 2 is 2.04 bits per heavy atom. The van der Waals surface area contributed by atoms with Crippen LogP contribution in [0.4, 0.5) is 0 Å². The lowest BCUT2D eigenvalue weighted by molar-refractivity contribution is -0.175. The normalized spacial score (nSPS) is 23.3. The fourth-order valence-electron chi connectivity index (χ4n) is 3.74. The van der Waals surface area contributed by atoms with Crippen molar-refractivity contribution in [2.24, 2.45) is 0 Å². The topological polar surface area (TPSA) is 76.2 Å². The van der Waals surface area contributed by atoms with Crippen molar-refractivity contribution in [3.63, 3.8) is 0 Å². The van der Waals surface area contributed by atoms with Crippen LogP contribution in [-0.2, 0) is 20.7 Å². The van der Waals surface area contributed by atoms with E-state index in [0.717, 1.165) is 29.8 Å².